The van der Waals surface area contributed by atoms with E-state index in [0.29, 0.717) is 11.8 Å². The van der Waals surface area contributed by atoms with E-state index >= 15 is 0 Å². The summed E-state index contributed by atoms with van der Waals surface area (Å²) in [6.07, 6.45) is 1.04. The molecule has 12 rings (SSSR count). The third kappa shape index (κ3) is 5.56. The van der Waals surface area contributed by atoms with Crippen molar-refractivity contribution in [3.63, 3.8) is 0 Å². The van der Waals surface area contributed by atoms with Crippen LogP contribution in [0, 0.1) is 0 Å². The van der Waals surface area contributed by atoms with Crippen LogP contribution >= 0.6 is 11.3 Å². The SMILES string of the molecule is CC1c2ccc(-c3ccc4c(c3)-c3ccccc3C(c3cc(-c5cccc6ccccc56)c5sc6ccccc6c5c3)C4C)cc2-c2ccccc2CC1c1ccccc1. The first kappa shape index (κ1) is 35.4. The summed E-state index contributed by atoms with van der Waals surface area (Å²) in [5, 5.41) is 5.28. The van der Waals surface area contributed by atoms with Crippen LogP contribution in [0.2, 0.25) is 0 Å². The minimum absolute atomic E-state index is 0.208. The predicted octanol–water partition coefficient (Wildman–Crippen LogP) is 16.6. The Hall–Kier alpha value is -6.54. The molecule has 1 heteroatoms. The van der Waals surface area contributed by atoms with Gasteiger partial charge in [0, 0.05) is 31.7 Å². The van der Waals surface area contributed by atoms with E-state index in [9.17, 15) is 0 Å². The summed E-state index contributed by atoms with van der Waals surface area (Å²) < 4.78 is 2.71. The van der Waals surface area contributed by atoms with Crippen LogP contribution in [0.4, 0.5) is 0 Å². The van der Waals surface area contributed by atoms with Crippen LogP contribution in [0.1, 0.15) is 70.9 Å². The maximum atomic E-state index is 2.54. The van der Waals surface area contributed by atoms with E-state index in [2.05, 4.69) is 208 Å². The van der Waals surface area contributed by atoms with Crippen LogP contribution in [-0.4, -0.2) is 0 Å². The highest BCUT2D eigenvalue weighted by atomic mass is 32.1. The molecule has 0 spiro atoms. The predicted molar refractivity (Wildman–Crippen MR) is 257 cm³/mol. The second kappa shape index (κ2) is 14.0. The number of fused-ring (bicyclic) bond motifs is 10. The van der Waals surface area contributed by atoms with Gasteiger partial charge in [-0.25, -0.2) is 0 Å². The molecule has 0 amide bonds. The van der Waals surface area contributed by atoms with Crippen LogP contribution in [0.3, 0.4) is 0 Å². The van der Waals surface area contributed by atoms with Crippen LogP contribution in [0.15, 0.2) is 194 Å². The van der Waals surface area contributed by atoms with E-state index in [1.54, 1.807) is 0 Å². The molecule has 0 N–H and O–H groups in total. The van der Waals surface area contributed by atoms with Crippen LogP contribution in [-0.2, 0) is 6.42 Å². The zero-order chi connectivity index (χ0) is 39.9. The Morgan fingerprint density at radius 2 is 1.03 bits per heavy atom. The molecule has 4 atom stereocenters. The first-order chi connectivity index (χ1) is 29.6. The van der Waals surface area contributed by atoms with Gasteiger partial charge in [0.2, 0.25) is 0 Å². The van der Waals surface area contributed by atoms with Crippen molar-refractivity contribution in [2.24, 2.45) is 0 Å². The molecule has 10 aromatic rings. The molecule has 9 aromatic carbocycles. The van der Waals surface area contributed by atoms with Crippen LogP contribution in [0.25, 0.3) is 75.5 Å². The number of hydrogen-bond donors (Lipinski definition) is 0. The summed E-state index contributed by atoms with van der Waals surface area (Å²) in [7, 11) is 0. The first-order valence-corrected chi connectivity index (χ1v) is 22.3. The maximum absolute atomic E-state index is 2.54. The van der Waals surface area contributed by atoms with Crippen molar-refractivity contribution in [1.29, 1.82) is 0 Å². The molecule has 0 fully saturated rings. The van der Waals surface area contributed by atoms with Crippen LogP contribution < -0.4 is 0 Å². The highest BCUT2D eigenvalue weighted by Crippen LogP contribution is 2.53. The lowest BCUT2D eigenvalue weighted by Gasteiger charge is -2.35. The Kier molecular flexibility index (Phi) is 8.29. The fourth-order valence-corrected chi connectivity index (χ4v) is 12.3. The molecule has 60 heavy (non-hydrogen) atoms. The van der Waals surface area contributed by atoms with Crippen molar-refractivity contribution in [3.05, 3.63) is 228 Å². The van der Waals surface area contributed by atoms with E-state index < -0.39 is 0 Å². The molecular formula is C59H44S. The molecular weight excluding hydrogens is 741 g/mol. The summed E-state index contributed by atoms with van der Waals surface area (Å²) in [6, 6.07) is 73.7. The van der Waals surface area contributed by atoms with Crippen molar-refractivity contribution in [1.82, 2.24) is 0 Å². The molecule has 2 aliphatic carbocycles. The number of thiophene rings is 1. The van der Waals surface area contributed by atoms with Gasteiger partial charge in [0.25, 0.3) is 0 Å². The smallest absolute Gasteiger partial charge is 0.0434 e. The van der Waals surface area contributed by atoms with Gasteiger partial charge in [-0.05, 0) is 138 Å². The van der Waals surface area contributed by atoms with E-state index in [1.165, 1.54) is 109 Å². The highest BCUT2D eigenvalue weighted by molar-refractivity contribution is 7.26. The fraction of sp³-hybridized carbons (Fsp3) is 0.119. The van der Waals surface area contributed by atoms with Gasteiger partial charge in [0.05, 0.1) is 0 Å². The lowest BCUT2D eigenvalue weighted by Crippen LogP contribution is -2.17. The highest BCUT2D eigenvalue weighted by Gasteiger charge is 2.34. The quantitative estimate of drug-likeness (QED) is 0.167. The zero-order valence-corrected chi connectivity index (χ0v) is 34.7. The van der Waals surface area contributed by atoms with Crippen molar-refractivity contribution in [2.75, 3.05) is 0 Å². The molecule has 0 bridgehead atoms. The molecule has 0 radical (unpaired) electrons. The zero-order valence-electron chi connectivity index (χ0n) is 33.9. The number of benzene rings is 9. The monoisotopic (exact) mass is 784 g/mol. The third-order valence-electron chi connectivity index (χ3n) is 14.0. The molecule has 4 unspecified atom stereocenters. The Bertz CT molecular complexity index is 3290. The molecule has 1 heterocycles. The number of rotatable bonds is 4. The van der Waals surface area contributed by atoms with Gasteiger partial charge in [0.15, 0.2) is 0 Å². The summed E-state index contributed by atoms with van der Waals surface area (Å²) >= 11 is 1.93. The Morgan fingerprint density at radius 1 is 0.400 bits per heavy atom. The Labute approximate surface area is 356 Å². The molecule has 0 aliphatic heterocycles. The molecule has 0 saturated carbocycles. The molecule has 286 valence electrons. The standard InChI is InChI=1S/C59H44S/c1-36-44-29-27-40(31-53(44)47-21-9-7-18-42(47)33-52(36)39-15-4-3-5-16-39)41-28-30-45-37(2)58(51-24-11-10-22-49(51)54(45)32-41)43-34-55(48-25-14-19-38-17-6-8-20-46(38)48)59-56(35-43)50-23-12-13-26-57(50)60-59/h3-32,34-37,52,58H,33H2,1-2H3. The number of hydrogen-bond acceptors (Lipinski definition) is 1. The van der Waals surface area contributed by atoms with Gasteiger partial charge in [-0.1, -0.05) is 178 Å². The minimum atomic E-state index is 0.208. The first-order valence-electron chi connectivity index (χ1n) is 21.5. The van der Waals surface area contributed by atoms with Gasteiger partial charge >= 0.3 is 0 Å². The largest absolute Gasteiger partial charge is 0.135 e. The third-order valence-corrected chi connectivity index (χ3v) is 15.2. The van der Waals surface area contributed by atoms with Gasteiger partial charge in [-0.3, -0.25) is 0 Å². The molecule has 0 saturated heterocycles. The van der Waals surface area contributed by atoms with E-state index in [1.807, 2.05) is 11.3 Å². The van der Waals surface area contributed by atoms with Crippen molar-refractivity contribution < 1.29 is 0 Å². The van der Waals surface area contributed by atoms with Crippen LogP contribution in [0.5, 0.6) is 0 Å². The van der Waals surface area contributed by atoms with E-state index in [0.717, 1.165) is 6.42 Å². The van der Waals surface area contributed by atoms with E-state index in [-0.39, 0.29) is 11.8 Å². The summed E-state index contributed by atoms with van der Waals surface area (Å²) in [5.41, 5.74) is 19.2. The van der Waals surface area contributed by atoms with Gasteiger partial charge in [-0.15, -0.1) is 11.3 Å². The van der Waals surface area contributed by atoms with Gasteiger partial charge in [-0.2, -0.15) is 0 Å². The summed E-state index contributed by atoms with van der Waals surface area (Å²) in [4.78, 5) is 0. The summed E-state index contributed by atoms with van der Waals surface area (Å²) in [6.45, 7) is 4.88. The normalized spacial score (nSPS) is 18.1. The van der Waals surface area contributed by atoms with E-state index in [4.69, 9.17) is 0 Å². The van der Waals surface area contributed by atoms with Gasteiger partial charge in [0.1, 0.15) is 0 Å². The average Bonchev–Trinajstić information content (AvgIpc) is 3.63. The topological polar surface area (TPSA) is 0 Å². The lowest BCUT2D eigenvalue weighted by molar-refractivity contribution is 0.579. The van der Waals surface area contributed by atoms with Crippen molar-refractivity contribution in [3.8, 4) is 44.5 Å². The minimum Gasteiger partial charge on any atom is -0.135 e. The second-order valence-corrected chi connectivity index (χ2v) is 18.2. The maximum Gasteiger partial charge on any atom is 0.0434 e. The molecule has 2 aliphatic rings. The fourth-order valence-electron chi connectivity index (χ4n) is 11.1. The molecule has 1 aromatic heterocycles. The Balaban J connectivity index is 0.993. The molecule has 0 nitrogen and oxygen atoms in total. The van der Waals surface area contributed by atoms with Crippen molar-refractivity contribution in [2.45, 2.75) is 43.9 Å². The Morgan fingerprint density at radius 3 is 1.87 bits per heavy atom. The van der Waals surface area contributed by atoms with Crippen molar-refractivity contribution >= 4 is 42.3 Å². The second-order valence-electron chi connectivity index (χ2n) is 17.2. The lowest BCUT2D eigenvalue weighted by atomic mass is 9.69. The average molecular weight is 785 g/mol. The summed E-state index contributed by atoms with van der Waals surface area (Å²) in [5.74, 6) is 1.31. The van der Waals surface area contributed by atoms with Gasteiger partial charge < -0.3 is 0 Å².